The van der Waals surface area contributed by atoms with Crippen LogP contribution in [0, 0.1) is 0 Å². The maximum absolute atomic E-state index is 12.8. The number of benzene rings is 2. The van der Waals surface area contributed by atoms with Crippen LogP contribution in [0.3, 0.4) is 0 Å². The number of aromatic amines is 1. The van der Waals surface area contributed by atoms with Crippen LogP contribution in [-0.2, 0) is 0 Å². The quantitative estimate of drug-likeness (QED) is 0.455. The molecular weight excluding hydrogens is 384 g/mol. The number of H-pyrrole nitrogens is 1. The molecule has 6 heteroatoms. The molecule has 0 spiro atoms. The molecule has 2 N–H and O–H groups in total. The molecule has 2 heterocycles. The molecule has 1 amide bonds. The Bertz CT molecular complexity index is 1180. The average Bonchev–Trinajstić information content (AvgIpc) is 3.09. The van der Waals surface area contributed by atoms with Crippen molar-refractivity contribution in [1.82, 2.24) is 20.2 Å². The highest BCUT2D eigenvalue weighted by Crippen LogP contribution is 2.33. The highest BCUT2D eigenvalue weighted by atomic mass is 35.5. The molecule has 4 aromatic rings. The van der Waals surface area contributed by atoms with Crippen LogP contribution in [0.15, 0.2) is 54.6 Å². The minimum Gasteiger partial charge on any atom is -0.353 e. The Morgan fingerprint density at radius 2 is 1.93 bits per heavy atom. The van der Waals surface area contributed by atoms with Gasteiger partial charge in [0.2, 0.25) is 0 Å². The van der Waals surface area contributed by atoms with E-state index in [9.17, 15) is 4.79 Å². The third kappa shape index (κ3) is 4.11. The van der Waals surface area contributed by atoms with Gasteiger partial charge in [-0.2, -0.15) is 0 Å². The highest BCUT2D eigenvalue weighted by Gasteiger charge is 2.17. The normalized spacial score (nSPS) is 11.4. The first kappa shape index (κ1) is 19.4. The number of nitrogens with one attached hydrogen (secondary N) is 2. The van der Waals surface area contributed by atoms with E-state index in [0.717, 1.165) is 46.0 Å². The van der Waals surface area contributed by atoms with Gasteiger partial charge in [0, 0.05) is 33.4 Å². The number of hydrogen-bond acceptors (Lipinski definition) is 3. The number of pyridine rings is 1. The molecule has 0 saturated heterocycles. The first-order chi connectivity index (χ1) is 14.0. The summed E-state index contributed by atoms with van der Waals surface area (Å²) in [7, 11) is 4.04. The van der Waals surface area contributed by atoms with Crippen molar-refractivity contribution in [2.75, 3.05) is 27.2 Å². The zero-order valence-electron chi connectivity index (χ0n) is 16.5. The van der Waals surface area contributed by atoms with Gasteiger partial charge in [-0.1, -0.05) is 41.9 Å². The van der Waals surface area contributed by atoms with Crippen molar-refractivity contribution in [3.05, 3.63) is 65.3 Å². The number of hydrogen-bond donors (Lipinski definition) is 2. The highest BCUT2D eigenvalue weighted by molar-refractivity contribution is 6.31. The minimum absolute atomic E-state index is 0.167. The molecule has 0 atom stereocenters. The lowest BCUT2D eigenvalue weighted by Gasteiger charge is -2.11. The molecular formula is C23H23ClN4O. The molecule has 2 aromatic carbocycles. The predicted octanol–water partition coefficient (Wildman–Crippen LogP) is 4.72. The first-order valence-electron chi connectivity index (χ1n) is 9.63. The van der Waals surface area contributed by atoms with E-state index in [2.05, 4.69) is 21.3 Å². The number of amides is 1. The SMILES string of the molecule is CN(C)CCCNC(=O)c1cc2c([nH]c3ccccc32)c(-c2cccc(Cl)c2)n1. The van der Waals surface area contributed by atoms with E-state index in [-0.39, 0.29) is 5.91 Å². The van der Waals surface area contributed by atoms with Gasteiger partial charge >= 0.3 is 0 Å². The second-order valence-corrected chi connectivity index (χ2v) is 7.81. The number of halogens is 1. The van der Waals surface area contributed by atoms with Crippen LogP contribution in [0.5, 0.6) is 0 Å². The van der Waals surface area contributed by atoms with Crippen LogP contribution in [-0.4, -0.2) is 48.0 Å². The second kappa shape index (κ2) is 8.23. The van der Waals surface area contributed by atoms with Gasteiger partial charge in [-0.3, -0.25) is 4.79 Å². The molecule has 0 unspecified atom stereocenters. The van der Waals surface area contributed by atoms with Gasteiger partial charge in [-0.25, -0.2) is 4.98 Å². The fourth-order valence-corrected chi connectivity index (χ4v) is 3.68. The molecule has 0 fully saturated rings. The summed E-state index contributed by atoms with van der Waals surface area (Å²) in [5.41, 5.74) is 3.91. The minimum atomic E-state index is -0.167. The van der Waals surface area contributed by atoms with Crippen molar-refractivity contribution >= 4 is 39.3 Å². The zero-order valence-corrected chi connectivity index (χ0v) is 17.3. The van der Waals surface area contributed by atoms with Crippen molar-refractivity contribution < 1.29 is 4.79 Å². The van der Waals surface area contributed by atoms with Gasteiger partial charge in [-0.05, 0) is 51.3 Å². The Kier molecular flexibility index (Phi) is 5.51. The molecule has 0 radical (unpaired) electrons. The number of carbonyl (C=O) groups excluding carboxylic acids is 1. The van der Waals surface area contributed by atoms with E-state index >= 15 is 0 Å². The lowest BCUT2D eigenvalue weighted by Crippen LogP contribution is -2.27. The van der Waals surface area contributed by atoms with Gasteiger partial charge in [0.15, 0.2) is 0 Å². The maximum Gasteiger partial charge on any atom is 0.269 e. The number of para-hydroxylation sites is 1. The van der Waals surface area contributed by atoms with E-state index in [1.54, 1.807) is 0 Å². The van der Waals surface area contributed by atoms with Gasteiger partial charge in [0.25, 0.3) is 5.91 Å². The van der Waals surface area contributed by atoms with E-state index in [0.29, 0.717) is 17.3 Å². The average molecular weight is 407 g/mol. The second-order valence-electron chi connectivity index (χ2n) is 7.37. The van der Waals surface area contributed by atoms with Gasteiger partial charge < -0.3 is 15.2 Å². The number of carbonyl (C=O) groups is 1. The first-order valence-corrected chi connectivity index (χ1v) is 10.0. The van der Waals surface area contributed by atoms with Gasteiger partial charge in [-0.15, -0.1) is 0 Å². The third-order valence-corrected chi connectivity index (χ3v) is 5.13. The summed E-state index contributed by atoms with van der Waals surface area (Å²) in [4.78, 5) is 23.1. The number of fused-ring (bicyclic) bond motifs is 3. The van der Waals surface area contributed by atoms with Crippen molar-refractivity contribution in [1.29, 1.82) is 0 Å². The van der Waals surface area contributed by atoms with E-state index in [4.69, 9.17) is 16.6 Å². The topological polar surface area (TPSA) is 61.0 Å². The summed E-state index contributed by atoms with van der Waals surface area (Å²) in [6, 6.07) is 17.5. The van der Waals surface area contributed by atoms with Gasteiger partial charge in [0.05, 0.1) is 11.2 Å². The van der Waals surface area contributed by atoms with Crippen LogP contribution in [0.4, 0.5) is 0 Å². The molecule has 0 aliphatic rings. The van der Waals surface area contributed by atoms with Gasteiger partial charge in [0.1, 0.15) is 5.69 Å². The molecule has 0 aliphatic carbocycles. The Hall–Kier alpha value is -2.89. The van der Waals surface area contributed by atoms with E-state index in [1.807, 2.05) is 62.6 Å². The van der Waals surface area contributed by atoms with Crippen LogP contribution >= 0.6 is 11.6 Å². The number of aromatic nitrogens is 2. The predicted molar refractivity (Wildman–Crippen MR) is 120 cm³/mol. The number of rotatable bonds is 6. The monoisotopic (exact) mass is 406 g/mol. The van der Waals surface area contributed by atoms with E-state index in [1.165, 1.54) is 0 Å². The molecule has 2 aromatic heterocycles. The molecule has 0 saturated carbocycles. The molecule has 148 valence electrons. The summed E-state index contributed by atoms with van der Waals surface area (Å²) in [6.07, 6.45) is 0.884. The standard InChI is InChI=1S/C23H23ClN4O/c1-28(2)12-6-11-25-23(29)20-14-18-17-9-3-4-10-19(17)26-22(18)21(27-20)15-7-5-8-16(24)13-15/h3-5,7-10,13-14,26H,6,11-12H2,1-2H3,(H,25,29). The smallest absolute Gasteiger partial charge is 0.269 e. The molecule has 4 rings (SSSR count). The third-order valence-electron chi connectivity index (χ3n) is 4.89. The Labute approximate surface area is 174 Å². The lowest BCUT2D eigenvalue weighted by atomic mass is 10.1. The lowest BCUT2D eigenvalue weighted by molar-refractivity contribution is 0.0947. The fraction of sp³-hybridized carbons (Fsp3) is 0.217. The van der Waals surface area contributed by atoms with Crippen LogP contribution in [0.1, 0.15) is 16.9 Å². The largest absolute Gasteiger partial charge is 0.353 e. The summed E-state index contributed by atoms with van der Waals surface area (Å²) in [6.45, 7) is 1.53. The van der Waals surface area contributed by atoms with Crippen molar-refractivity contribution in [3.8, 4) is 11.3 Å². The fourth-order valence-electron chi connectivity index (χ4n) is 3.49. The molecule has 0 aliphatic heterocycles. The van der Waals surface area contributed by atoms with Crippen molar-refractivity contribution in [3.63, 3.8) is 0 Å². The maximum atomic E-state index is 12.8. The van der Waals surface area contributed by atoms with Crippen LogP contribution in [0.2, 0.25) is 5.02 Å². The summed E-state index contributed by atoms with van der Waals surface area (Å²) < 4.78 is 0. The van der Waals surface area contributed by atoms with E-state index < -0.39 is 0 Å². The van der Waals surface area contributed by atoms with Crippen LogP contribution < -0.4 is 5.32 Å². The summed E-state index contributed by atoms with van der Waals surface area (Å²) >= 11 is 6.22. The molecule has 29 heavy (non-hydrogen) atoms. The van der Waals surface area contributed by atoms with Crippen molar-refractivity contribution in [2.45, 2.75) is 6.42 Å². The number of nitrogens with zero attached hydrogens (tertiary/aromatic N) is 2. The Balaban J connectivity index is 1.79. The molecule has 0 bridgehead atoms. The summed E-state index contributed by atoms with van der Waals surface area (Å²) in [5.74, 6) is -0.167. The van der Waals surface area contributed by atoms with Crippen LogP contribution in [0.25, 0.3) is 33.1 Å². The Morgan fingerprint density at radius 1 is 1.10 bits per heavy atom. The molecule has 5 nitrogen and oxygen atoms in total. The zero-order chi connectivity index (χ0) is 20.4. The Morgan fingerprint density at radius 3 is 2.72 bits per heavy atom. The van der Waals surface area contributed by atoms with Crippen molar-refractivity contribution in [2.24, 2.45) is 0 Å². The summed E-state index contributed by atoms with van der Waals surface area (Å²) in [5, 5.41) is 5.66.